The van der Waals surface area contributed by atoms with Crippen molar-refractivity contribution in [2.24, 2.45) is 0 Å². The van der Waals surface area contributed by atoms with Crippen molar-refractivity contribution < 1.29 is 9.59 Å². The minimum atomic E-state index is -0.0884. The highest BCUT2D eigenvalue weighted by molar-refractivity contribution is 5.98. The van der Waals surface area contributed by atoms with Gasteiger partial charge in [0.25, 0.3) is 0 Å². The Morgan fingerprint density at radius 3 is 2.08 bits per heavy atom. The third-order valence-corrected chi connectivity index (χ3v) is 3.59. The number of ketones is 1. The number of hydrogen-bond acceptors (Lipinski definition) is 3. The Morgan fingerprint density at radius 2 is 1.46 bits per heavy atom. The van der Waals surface area contributed by atoms with E-state index in [1.807, 2.05) is 61.6 Å². The van der Waals surface area contributed by atoms with Gasteiger partial charge < -0.3 is 10.6 Å². The molecule has 2 rings (SSSR count). The number of hydrogen-bond donors (Lipinski definition) is 2. The molecule has 24 heavy (non-hydrogen) atoms. The summed E-state index contributed by atoms with van der Waals surface area (Å²) < 4.78 is 0. The highest BCUT2D eigenvalue weighted by Gasteiger charge is 2.09. The van der Waals surface area contributed by atoms with E-state index < -0.39 is 0 Å². The number of Topliss-reactive ketones (excluding diaryl/α,β-unsaturated/α-hetero) is 1. The fourth-order valence-electron chi connectivity index (χ4n) is 2.27. The summed E-state index contributed by atoms with van der Waals surface area (Å²) in [7, 11) is 1.83. The third kappa shape index (κ3) is 6.14. The lowest BCUT2D eigenvalue weighted by molar-refractivity contribution is -0.121. The van der Waals surface area contributed by atoms with Crippen molar-refractivity contribution >= 4 is 24.1 Å². The van der Waals surface area contributed by atoms with Crippen molar-refractivity contribution in [2.75, 3.05) is 20.1 Å². The Morgan fingerprint density at radius 1 is 0.833 bits per heavy atom. The molecule has 0 atom stereocenters. The van der Waals surface area contributed by atoms with Crippen LogP contribution in [0.5, 0.6) is 0 Å². The fraction of sp³-hybridized carbons (Fsp3) is 0.263. The minimum Gasteiger partial charge on any atom is -0.355 e. The molecule has 128 valence electrons. The topological polar surface area (TPSA) is 58.2 Å². The molecule has 0 saturated carbocycles. The lowest BCUT2D eigenvalue weighted by Crippen LogP contribution is -2.30. The summed E-state index contributed by atoms with van der Waals surface area (Å²) in [6.45, 7) is 1.30. The predicted octanol–water partition coefficient (Wildman–Crippen LogP) is 3.07. The summed E-state index contributed by atoms with van der Waals surface area (Å²) in [5.41, 5.74) is 2.84. The summed E-state index contributed by atoms with van der Waals surface area (Å²) in [6.07, 6.45) is 0.457. The van der Waals surface area contributed by atoms with E-state index in [1.54, 1.807) is 0 Å². The maximum Gasteiger partial charge on any atom is 0.220 e. The zero-order valence-electron chi connectivity index (χ0n) is 13.7. The molecule has 1 amide bonds. The van der Waals surface area contributed by atoms with Gasteiger partial charge in [0.2, 0.25) is 5.91 Å². The van der Waals surface area contributed by atoms with Gasteiger partial charge in [-0.1, -0.05) is 54.6 Å². The van der Waals surface area contributed by atoms with Gasteiger partial charge >= 0.3 is 0 Å². The molecule has 0 bridgehead atoms. The van der Waals surface area contributed by atoms with E-state index in [0.29, 0.717) is 12.1 Å². The average Bonchev–Trinajstić information content (AvgIpc) is 2.61. The first-order valence-electron chi connectivity index (χ1n) is 7.80. The Hall–Kier alpha value is -2.17. The molecule has 0 heterocycles. The van der Waals surface area contributed by atoms with Crippen molar-refractivity contribution in [1.29, 1.82) is 0 Å². The lowest BCUT2D eigenvalue weighted by Gasteiger charge is -2.06. The normalized spacial score (nSPS) is 9.88. The van der Waals surface area contributed by atoms with Gasteiger partial charge in [0.1, 0.15) is 0 Å². The summed E-state index contributed by atoms with van der Waals surface area (Å²) >= 11 is 0. The second-order valence-corrected chi connectivity index (χ2v) is 5.32. The molecule has 0 aromatic heterocycles. The number of amides is 1. The van der Waals surface area contributed by atoms with Gasteiger partial charge in [-0.15, -0.1) is 12.4 Å². The lowest BCUT2D eigenvalue weighted by atomic mass is 10.0. The summed E-state index contributed by atoms with van der Waals surface area (Å²) in [5.74, 6) is -0.0946. The van der Waals surface area contributed by atoms with E-state index in [2.05, 4.69) is 10.6 Å². The molecule has 0 unspecified atom stereocenters. The highest BCUT2D eigenvalue weighted by atomic mass is 35.5. The molecule has 2 aromatic carbocycles. The number of carbonyl (C=O) groups is 2. The maximum atomic E-state index is 12.1. The smallest absolute Gasteiger partial charge is 0.220 e. The first kappa shape index (κ1) is 19.9. The van der Waals surface area contributed by atoms with Gasteiger partial charge in [-0.05, 0) is 18.2 Å². The number of carbonyl (C=O) groups excluding carboxylic acids is 2. The minimum absolute atomic E-state index is 0. The molecule has 0 aliphatic rings. The van der Waals surface area contributed by atoms with E-state index >= 15 is 0 Å². The molecule has 0 aliphatic carbocycles. The monoisotopic (exact) mass is 346 g/mol. The molecule has 0 radical (unpaired) electrons. The second-order valence-electron chi connectivity index (χ2n) is 5.32. The van der Waals surface area contributed by atoms with E-state index in [4.69, 9.17) is 0 Å². The quantitative estimate of drug-likeness (QED) is 0.570. The molecule has 0 aliphatic heterocycles. The predicted molar refractivity (Wildman–Crippen MR) is 99.6 cm³/mol. The summed E-state index contributed by atoms with van der Waals surface area (Å²) in [5, 5.41) is 5.72. The number of rotatable bonds is 8. The van der Waals surface area contributed by atoms with E-state index in [0.717, 1.165) is 17.7 Å². The van der Waals surface area contributed by atoms with Crippen LogP contribution in [0.3, 0.4) is 0 Å². The average molecular weight is 347 g/mol. The number of nitrogens with one attached hydrogen (secondary N) is 2. The highest BCUT2D eigenvalue weighted by Crippen LogP contribution is 2.19. The first-order chi connectivity index (χ1) is 11.2. The van der Waals surface area contributed by atoms with Crippen molar-refractivity contribution in [3.63, 3.8) is 0 Å². The molecule has 0 saturated heterocycles. The number of likely N-dealkylation sites (N-methyl/N-ethyl adjacent to an activating group) is 1. The van der Waals surface area contributed by atoms with Gasteiger partial charge in [0, 0.05) is 31.5 Å². The van der Waals surface area contributed by atoms with Gasteiger partial charge in [-0.3, -0.25) is 9.59 Å². The van der Waals surface area contributed by atoms with Crippen LogP contribution < -0.4 is 10.6 Å². The second kappa shape index (κ2) is 10.6. The standard InChI is InChI=1S/C19H22N2O2.ClH/c1-20-13-14-21-19(23)12-11-18(22)17-9-7-16(8-10-17)15-5-3-2-4-6-15;/h2-10,20H,11-14H2,1H3,(H,21,23);1H. The molecule has 4 nitrogen and oxygen atoms in total. The zero-order chi connectivity index (χ0) is 16.5. The molecular formula is C19H23ClN2O2. The van der Waals surface area contributed by atoms with Crippen LogP contribution >= 0.6 is 12.4 Å². The summed E-state index contributed by atoms with van der Waals surface area (Å²) in [4.78, 5) is 23.7. The first-order valence-corrected chi connectivity index (χ1v) is 7.80. The van der Waals surface area contributed by atoms with Crippen LogP contribution in [0.15, 0.2) is 54.6 Å². The largest absolute Gasteiger partial charge is 0.355 e. The van der Waals surface area contributed by atoms with Crippen LogP contribution in [0.4, 0.5) is 0 Å². The van der Waals surface area contributed by atoms with E-state index in [-0.39, 0.29) is 36.9 Å². The van der Waals surface area contributed by atoms with Crippen molar-refractivity contribution in [2.45, 2.75) is 12.8 Å². The Labute approximate surface area is 149 Å². The van der Waals surface area contributed by atoms with Crippen LogP contribution in [0.2, 0.25) is 0 Å². The Kier molecular flexibility index (Phi) is 8.76. The molecule has 2 aromatic rings. The molecule has 2 N–H and O–H groups in total. The van der Waals surface area contributed by atoms with Crippen molar-refractivity contribution in [3.05, 3.63) is 60.2 Å². The van der Waals surface area contributed by atoms with E-state index in [1.165, 1.54) is 0 Å². The zero-order valence-corrected chi connectivity index (χ0v) is 14.6. The van der Waals surface area contributed by atoms with Gasteiger partial charge in [-0.2, -0.15) is 0 Å². The van der Waals surface area contributed by atoms with Gasteiger partial charge in [-0.25, -0.2) is 0 Å². The fourth-order valence-corrected chi connectivity index (χ4v) is 2.27. The Balaban J connectivity index is 0.00000288. The van der Waals surface area contributed by atoms with Crippen LogP contribution in [0.25, 0.3) is 11.1 Å². The van der Waals surface area contributed by atoms with Crippen LogP contribution in [-0.4, -0.2) is 31.8 Å². The van der Waals surface area contributed by atoms with Crippen LogP contribution in [0, 0.1) is 0 Å². The molecule has 5 heteroatoms. The molecular weight excluding hydrogens is 324 g/mol. The van der Waals surface area contributed by atoms with Gasteiger partial charge in [0.15, 0.2) is 5.78 Å². The SMILES string of the molecule is CNCCNC(=O)CCC(=O)c1ccc(-c2ccccc2)cc1.Cl. The van der Waals surface area contributed by atoms with Crippen molar-refractivity contribution in [3.8, 4) is 11.1 Å². The van der Waals surface area contributed by atoms with Crippen LogP contribution in [-0.2, 0) is 4.79 Å². The Bertz CT molecular complexity index is 642. The third-order valence-electron chi connectivity index (χ3n) is 3.59. The van der Waals surface area contributed by atoms with E-state index in [9.17, 15) is 9.59 Å². The van der Waals surface area contributed by atoms with Gasteiger partial charge in [0.05, 0.1) is 0 Å². The number of halogens is 1. The molecule has 0 fully saturated rings. The van der Waals surface area contributed by atoms with Crippen LogP contribution in [0.1, 0.15) is 23.2 Å². The maximum absolute atomic E-state index is 12.1. The molecule has 0 spiro atoms. The van der Waals surface area contributed by atoms with Crippen molar-refractivity contribution in [1.82, 2.24) is 10.6 Å². The summed E-state index contributed by atoms with van der Waals surface area (Å²) in [6, 6.07) is 17.5. The number of benzene rings is 2.